The van der Waals surface area contributed by atoms with Crippen molar-refractivity contribution >= 4 is 26.0 Å². The monoisotopic (exact) mass is 216 g/mol. The zero-order chi connectivity index (χ0) is 7.65. The van der Waals surface area contributed by atoms with Gasteiger partial charge in [-0.05, 0) is 5.92 Å². The molecule has 0 rings (SSSR count). The zero-order valence-corrected chi connectivity index (χ0v) is 7.61. The first kappa shape index (κ1) is 9.39. The van der Waals surface area contributed by atoms with Crippen LogP contribution in [0.2, 0.25) is 0 Å². The molecular formula is C4H9BrO3S. The lowest BCUT2D eigenvalue weighted by molar-refractivity contribution is 0.469. The van der Waals surface area contributed by atoms with E-state index in [9.17, 15) is 8.42 Å². The summed E-state index contributed by atoms with van der Waals surface area (Å²) in [5.74, 6) is -0.111. The van der Waals surface area contributed by atoms with Crippen molar-refractivity contribution in [3.05, 3.63) is 0 Å². The van der Waals surface area contributed by atoms with Gasteiger partial charge >= 0.3 is 0 Å². The van der Waals surface area contributed by atoms with E-state index in [-0.39, 0.29) is 5.92 Å². The molecule has 1 atom stereocenters. The lowest BCUT2D eigenvalue weighted by Crippen LogP contribution is -2.18. The zero-order valence-electron chi connectivity index (χ0n) is 5.20. The highest BCUT2D eigenvalue weighted by molar-refractivity contribution is 9.11. The fourth-order valence-electron chi connectivity index (χ4n) is 0.344. The number of hydrogen-bond donors (Lipinski definition) is 1. The minimum Gasteiger partial charge on any atom is -0.285 e. The summed E-state index contributed by atoms with van der Waals surface area (Å²) >= 11 is 2.82. The summed E-state index contributed by atoms with van der Waals surface area (Å²) < 4.78 is 28.1. The average molecular weight is 217 g/mol. The number of halogens is 1. The molecule has 9 heavy (non-hydrogen) atoms. The van der Waals surface area contributed by atoms with E-state index in [4.69, 9.17) is 4.55 Å². The van der Waals surface area contributed by atoms with E-state index in [0.717, 1.165) is 0 Å². The third-order valence-corrected chi connectivity index (χ3v) is 4.40. The highest BCUT2D eigenvalue weighted by Gasteiger charge is 2.22. The lowest BCUT2D eigenvalue weighted by atomic mass is 10.3. The number of hydrogen-bond acceptors (Lipinski definition) is 2. The summed E-state index contributed by atoms with van der Waals surface area (Å²) in [5, 5.41) is 0. The van der Waals surface area contributed by atoms with Gasteiger partial charge in [0.25, 0.3) is 10.1 Å². The van der Waals surface area contributed by atoms with Crippen molar-refractivity contribution in [2.24, 2.45) is 5.92 Å². The average Bonchev–Trinajstić information content (AvgIpc) is 1.62. The molecule has 5 heteroatoms. The molecule has 0 aromatic carbocycles. The molecule has 0 radical (unpaired) electrons. The van der Waals surface area contributed by atoms with Gasteiger partial charge in [-0.25, -0.2) is 0 Å². The van der Waals surface area contributed by atoms with Crippen LogP contribution < -0.4 is 0 Å². The summed E-state index contributed by atoms with van der Waals surface area (Å²) in [6.07, 6.45) is 0. The Hall–Kier alpha value is 0.390. The molecule has 0 amide bonds. The molecule has 0 fully saturated rings. The van der Waals surface area contributed by atoms with Crippen molar-refractivity contribution in [3.8, 4) is 0 Å². The summed E-state index contributed by atoms with van der Waals surface area (Å²) in [6, 6.07) is 0. The Bertz CT molecular complexity index is 172. The van der Waals surface area contributed by atoms with Crippen LogP contribution in [0.25, 0.3) is 0 Å². The lowest BCUT2D eigenvalue weighted by Gasteiger charge is -2.08. The van der Waals surface area contributed by atoms with Gasteiger partial charge in [0.05, 0.1) is 0 Å². The Labute approximate surface area is 63.3 Å². The first-order valence-corrected chi connectivity index (χ1v) is 4.88. The van der Waals surface area contributed by atoms with E-state index >= 15 is 0 Å². The van der Waals surface area contributed by atoms with Crippen molar-refractivity contribution in [2.75, 3.05) is 0 Å². The quantitative estimate of drug-likeness (QED) is 0.559. The van der Waals surface area contributed by atoms with Crippen LogP contribution in [0.1, 0.15) is 13.8 Å². The van der Waals surface area contributed by atoms with E-state index in [1.807, 2.05) is 0 Å². The normalized spacial score (nSPS) is 16.1. The molecule has 0 bridgehead atoms. The highest BCUT2D eigenvalue weighted by atomic mass is 79.9. The molecule has 1 N–H and O–H groups in total. The van der Waals surface area contributed by atoms with Crippen LogP contribution in [-0.2, 0) is 10.1 Å². The number of rotatable bonds is 2. The first-order valence-electron chi connectivity index (χ1n) is 2.46. The van der Waals surface area contributed by atoms with Crippen molar-refractivity contribution in [1.82, 2.24) is 0 Å². The molecule has 0 aliphatic heterocycles. The van der Waals surface area contributed by atoms with Crippen molar-refractivity contribution < 1.29 is 13.0 Å². The van der Waals surface area contributed by atoms with Crippen molar-refractivity contribution in [1.29, 1.82) is 0 Å². The molecule has 1 unspecified atom stereocenters. The van der Waals surface area contributed by atoms with Crippen LogP contribution in [-0.4, -0.2) is 17.1 Å². The predicted molar refractivity (Wildman–Crippen MR) is 39.1 cm³/mol. The van der Waals surface area contributed by atoms with E-state index in [2.05, 4.69) is 15.9 Å². The Kier molecular flexibility index (Phi) is 3.11. The van der Waals surface area contributed by atoms with Gasteiger partial charge in [-0.15, -0.1) is 0 Å². The van der Waals surface area contributed by atoms with Gasteiger partial charge in [-0.2, -0.15) is 8.42 Å². The van der Waals surface area contributed by atoms with Crippen LogP contribution in [0, 0.1) is 5.92 Å². The third-order valence-electron chi connectivity index (χ3n) is 0.809. The molecule has 0 saturated heterocycles. The maximum absolute atomic E-state index is 10.3. The molecule has 3 nitrogen and oxygen atoms in total. The van der Waals surface area contributed by atoms with Gasteiger partial charge < -0.3 is 0 Å². The highest BCUT2D eigenvalue weighted by Crippen LogP contribution is 2.16. The third kappa shape index (κ3) is 3.17. The topological polar surface area (TPSA) is 54.4 Å². The van der Waals surface area contributed by atoms with E-state index in [1.165, 1.54) is 0 Å². The largest absolute Gasteiger partial charge is 0.285 e. The number of alkyl halides is 1. The summed E-state index contributed by atoms with van der Waals surface area (Å²) in [4.78, 5) is 0. The van der Waals surface area contributed by atoms with Crippen LogP contribution in [0.4, 0.5) is 0 Å². The standard InChI is InChI=1S/C4H9BrO3S/c1-3(2)4(5)9(6,7)8/h3-4H,1-2H3,(H,6,7,8). The molecule has 0 aliphatic rings. The van der Waals surface area contributed by atoms with Crippen LogP contribution in [0.15, 0.2) is 0 Å². The maximum atomic E-state index is 10.3. The second-order valence-electron chi connectivity index (χ2n) is 2.11. The summed E-state index contributed by atoms with van der Waals surface area (Å²) in [7, 11) is -3.89. The fraction of sp³-hybridized carbons (Fsp3) is 1.00. The Balaban J connectivity index is 4.24. The van der Waals surface area contributed by atoms with Gasteiger partial charge in [0.2, 0.25) is 0 Å². The molecule has 0 saturated carbocycles. The second kappa shape index (κ2) is 2.98. The Morgan fingerprint density at radius 3 is 1.78 bits per heavy atom. The van der Waals surface area contributed by atoms with Gasteiger partial charge in [-0.3, -0.25) is 4.55 Å². The molecule has 0 heterocycles. The summed E-state index contributed by atoms with van der Waals surface area (Å²) in [6.45, 7) is 3.40. The van der Waals surface area contributed by atoms with Crippen molar-refractivity contribution in [3.63, 3.8) is 0 Å². The van der Waals surface area contributed by atoms with Gasteiger partial charge in [-0.1, -0.05) is 29.8 Å². The van der Waals surface area contributed by atoms with Gasteiger partial charge in [0.1, 0.15) is 4.16 Å². The van der Waals surface area contributed by atoms with E-state index in [0.29, 0.717) is 0 Å². The molecule has 0 aliphatic carbocycles. The molecule has 0 spiro atoms. The molecular weight excluding hydrogens is 208 g/mol. The van der Waals surface area contributed by atoms with Crippen molar-refractivity contribution in [2.45, 2.75) is 18.0 Å². The Morgan fingerprint density at radius 2 is 1.78 bits per heavy atom. The van der Waals surface area contributed by atoms with Gasteiger partial charge in [0, 0.05) is 0 Å². The van der Waals surface area contributed by atoms with Crippen LogP contribution in [0.5, 0.6) is 0 Å². The minimum absolute atomic E-state index is 0.111. The smallest absolute Gasteiger partial charge is 0.278 e. The van der Waals surface area contributed by atoms with Crippen LogP contribution >= 0.6 is 15.9 Å². The molecule has 0 aromatic rings. The minimum atomic E-state index is -3.89. The van der Waals surface area contributed by atoms with E-state index < -0.39 is 14.3 Å². The molecule has 0 aromatic heterocycles. The van der Waals surface area contributed by atoms with Gasteiger partial charge in [0.15, 0.2) is 0 Å². The molecule has 56 valence electrons. The summed E-state index contributed by atoms with van der Waals surface area (Å²) in [5.41, 5.74) is 0. The fourth-order valence-corrected chi connectivity index (χ4v) is 1.03. The van der Waals surface area contributed by atoms with E-state index in [1.54, 1.807) is 13.8 Å². The maximum Gasteiger partial charge on any atom is 0.278 e. The first-order chi connectivity index (χ1) is 3.85. The Morgan fingerprint density at radius 1 is 1.44 bits per heavy atom. The predicted octanol–water partition coefficient (Wildman–Crippen LogP) is 1.25. The second-order valence-corrected chi connectivity index (χ2v) is 5.24. The van der Waals surface area contributed by atoms with Crippen LogP contribution in [0.3, 0.4) is 0 Å². The SMILES string of the molecule is CC(C)C(Br)S(=O)(=O)O.